The molecule has 0 bridgehead atoms. The van der Waals surface area contributed by atoms with Crippen molar-refractivity contribution in [3.05, 3.63) is 35.6 Å². The molecule has 0 spiro atoms. The fraction of sp³-hybridized carbons (Fsp3) is 0.533. The maximum atomic E-state index is 12.9. The van der Waals surface area contributed by atoms with Gasteiger partial charge in [-0.15, -0.1) is 0 Å². The van der Waals surface area contributed by atoms with Crippen LogP contribution in [0.4, 0.5) is 4.39 Å². The molecule has 0 fully saturated rings. The summed E-state index contributed by atoms with van der Waals surface area (Å²) < 4.78 is 17.9. The lowest BCUT2D eigenvalue weighted by Gasteiger charge is -2.20. The Hall–Kier alpha value is -1.42. The predicted molar refractivity (Wildman–Crippen MR) is 73.5 cm³/mol. The number of carbonyl (C=O) groups excluding carboxylic acids is 1. The highest BCUT2D eigenvalue weighted by atomic mass is 19.1. The fourth-order valence-electron chi connectivity index (χ4n) is 2.05. The van der Waals surface area contributed by atoms with Gasteiger partial charge in [-0.3, -0.25) is 4.79 Å². The van der Waals surface area contributed by atoms with Gasteiger partial charge in [0, 0.05) is 20.3 Å². The topological polar surface area (TPSA) is 38.3 Å². The Morgan fingerprint density at radius 3 is 2.47 bits per heavy atom. The van der Waals surface area contributed by atoms with Crippen molar-refractivity contribution in [3.8, 4) is 0 Å². The lowest BCUT2D eigenvalue weighted by Crippen LogP contribution is -2.33. The summed E-state index contributed by atoms with van der Waals surface area (Å²) in [7, 11) is 1.64. The van der Waals surface area contributed by atoms with Gasteiger partial charge in [0.05, 0.1) is 5.92 Å². The molecule has 0 heterocycles. The molecule has 19 heavy (non-hydrogen) atoms. The van der Waals surface area contributed by atoms with Crippen molar-refractivity contribution in [1.29, 1.82) is 0 Å². The minimum absolute atomic E-state index is 0.0160. The number of nitrogens with one attached hydrogen (secondary N) is 1. The Bertz CT molecular complexity index is 390. The molecule has 0 radical (unpaired) electrons. The largest absolute Gasteiger partial charge is 0.385 e. The van der Waals surface area contributed by atoms with Crippen LogP contribution in [0, 0.1) is 11.7 Å². The molecule has 4 heteroatoms. The molecule has 1 N–H and O–H groups in total. The minimum Gasteiger partial charge on any atom is -0.385 e. The van der Waals surface area contributed by atoms with E-state index in [-0.39, 0.29) is 23.6 Å². The molecular weight excluding hydrogens is 245 g/mol. The van der Waals surface area contributed by atoms with Crippen LogP contribution in [-0.4, -0.2) is 26.2 Å². The second-order valence-electron chi connectivity index (χ2n) is 4.91. The molecule has 0 saturated heterocycles. The number of ether oxygens (including phenoxy) is 1. The van der Waals surface area contributed by atoms with Crippen LogP contribution in [0.5, 0.6) is 0 Å². The van der Waals surface area contributed by atoms with Crippen molar-refractivity contribution in [2.75, 3.05) is 20.3 Å². The Morgan fingerprint density at radius 2 is 1.95 bits per heavy atom. The highest BCUT2D eigenvalue weighted by Crippen LogP contribution is 2.24. The summed E-state index contributed by atoms with van der Waals surface area (Å²) in [6, 6.07) is 6.13. The van der Waals surface area contributed by atoms with E-state index in [1.807, 2.05) is 13.8 Å². The molecule has 1 aromatic carbocycles. The van der Waals surface area contributed by atoms with Gasteiger partial charge in [-0.05, 0) is 30.0 Å². The summed E-state index contributed by atoms with van der Waals surface area (Å²) in [4.78, 5) is 12.2. The summed E-state index contributed by atoms with van der Waals surface area (Å²) in [5, 5.41) is 2.90. The zero-order chi connectivity index (χ0) is 14.3. The number of halogens is 1. The quantitative estimate of drug-likeness (QED) is 0.771. The van der Waals surface area contributed by atoms with E-state index in [9.17, 15) is 9.18 Å². The second kappa shape index (κ2) is 7.89. The smallest absolute Gasteiger partial charge is 0.227 e. The average Bonchev–Trinajstić information content (AvgIpc) is 2.37. The number of rotatable bonds is 7. The summed E-state index contributed by atoms with van der Waals surface area (Å²) in [5.41, 5.74) is 0.848. The van der Waals surface area contributed by atoms with Gasteiger partial charge in [0.25, 0.3) is 0 Å². The van der Waals surface area contributed by atoms with Gasteiger partial charge >= 0.3 is 0 Å². The Balaban J connectivity index is 2.66. The van der Waals surface area contributed by atoms with Gasteiger partial charge < -0.3 is 10.1 Å². The van der Waals surface area contributed by atoms with E-state index >= 15 is 0 Å². The normalized spacial score (nSPS) is 12.5. The number of carbonyl (C=O) groups is 1. The first-order chi connectivity index (χ1) is 9.06. The number of methoxy groups -OCH3 is 1. The predicted octanol–water partition coefficient (Wildman–Crippen LogP) is 2.72. The van der Waals surface area contributed by atoms with E-state index in [1.54, 1.807) is 19.2 Å². The lowest BCUT2D eigenvalue weighted by atomic mass is 9.87. The number of hydrogen-bond donors (Lipinski definition) is 1. The zero-order valence-corrected chi connectivity index (χ0v) is 11.8. The highest BCUT2D eigenvalue weighted by Gasteiger charge is 2.23. The van der Waals surface area contributed by atoms with Gasteiger partial charge in [-0.1, -0.05) is 26.0 Å². The molecule has 106 valence electrons. The Kier molecular flexibility index (Phi) is 6.50. The fourth-order valence-corrected chi connectivity index (χ4v) is 2.05. The van der Waals surface area contributed by atoms with Crippen LogP contribution in [0.1, 0.15) is 31.7 Å². The first-order valence-electron chi connectivity index (χ1n) is 6.58. The number of amides is 1. The van der Waals surface area contributed by atoms with Crippen molar-refractivity contribution in [2.24, 2.45) is 5.92 Å². The van der Waals surface area contributed by atoms with Gasteiger partial charge in [0.15, 0.2) is 0 Å². The molecule has 3 nitrogen and oxygen atoms in total. The molecule has 0 aromatic heterocycles. The summed E-state index contributed by atoms with van der Waals surface area (Å²) in [6.45, 7) is 5.20. The van der Waals surface area contributed by atoms with Crippen LogP contribution in [0.3, 0.4) is 0 Å². The molecule has 1 atom stereocenters. The highest BCUT2D eigenvalue weighted by molar-refractivity contribution is 5.83. The van der Waals surface area contributed by atoms with E-state index in [0.717, 1.165) is 12.0 Å². The van der Waals surface area contributed by atoms with E-state index in [2.05, 4.69) is 5.32 Å². The van der Waals surface area contributed by atoms with Crippen LogP contribution >= 0.6 is 0 Å². The van der Waals surface area contributed by atoms with Gasteiger partial charge in [0.1, 0.15) is 5.82 Å². The van der Waals surface area contributed by atoms with Crippen LogP contribution in [0.2, 0.25) is 0 Å². The standard InChI is InChI=1S/C15H22FNO2/c1-11(2)14(12-5-7-13(16)8-6-12)15(18)17-9-4-10-19-3/h5-8,11,14H,4,9-10H2,1-3H3,(H,17,18). The molecule has 0 saturated carbocycles. The van der Waals surface area contributed by atoms with E-state index in [0.29, 0.717) is 13.2 Å². The number of hydrogen-bond acceptors (Lipinski definition) is 2. The molecule has 1 amide bonds. The van der Waals surface area contributed by atoms with Crippen LogP contribution in [0.25, 0.3) is 0 Å². The Morgan fingerprint density at radius 1 is 1.32 bits per heavy atom. The summed E-state index contributed by atoms with van der Waals surface area (Å²) in [6.07, 6.45) is 0.788. The maximum Gasteiger partial charge on any atom is 0.227 e. The first kappa shape index (κ1) is 15.6. The zero-order valence-electron chi connectivity index (χ0n) is 11.8. The monoisotopic (exact) mass is 267 g/mol. The van der Waals surface area contributed by atoms with Crippen molar-refractivity contribution < 1.29 is 13.9 Å². The third-order valence-electron chi connectivity index (χ3n) is 3.00. The van der Waals surface area contributed by atoms with E-state index in [1.165, 1.54) is 12.1 Å². The third-order valence-corrected chi connectivity index (χ3v) is 3.00. The minimum atomic E-state index is -0.285. The average molecular weight is 267 g/mol. The molecule has 1 unspecified atom stereocenters. The van der Waals surface area contributed by atoms with E-state index in [4.69, 9.17) is 4.74 Å². The van der Waals surface area contributed by atoms with Gasteiger partial charge in [-0.2, -0.15) is 0 Å². The van der Waals surface area contributed by atoms with Crippen molar-refractivity contribution in [1.82, 2.24) is 5.32 Å². The first-order valence-corrected chi connectivity index (χ1v) is 6.58. The summed E-state index contributed by atoms with van der Waals surface area (Å²) >= 11 is 0. The molecular formula is C15H22FNO2. The molecule has 0 aliphatic rings. The summed E-state index contributed by atoms with van der Waals surface area (Å²) in [5.74, 6) is -0.388. The Labute approximate surface area is 114 Å². The second-order valence-corrected chi connectivity index (χ2v) is 4.91. The van der Waals surface area contributed by atoms with Crippen molar-refractivity contribution in [3.63, 3.8) is 0 Å². The SMILES string of the molecule is COCCCNC(=O)C(c1ccc(F)cc1)C(C)C. The number of benzene rings is 1. The van der Waals surface area contributed by atoms with Gasteiger partial charge in [-0.25, -0.2) is 4.39 Å². The molecule has 1 aromatic rings. The lowest BCUT2D eigenvalue weighted by molar-refractivity contribution is -0.123. The van der Waals surface area contributed by atoms with E-state index < -0.39 is 0 Å². The molecule has 0 aliphatic carbocycles. The van der Waals surface area contributed by atoms with Crippen LogP contribution in [-0.2, 0) is 9.53 Å². The maximum absolute atomic E-state index is 12.9. The van der Waals surface area contributed by atoms with Crippen molar-refractivity contribution in [2.45, 2.75) is 26.2 Å². The van der Waals surface area contributed by atoms with Crippen LogP contribution < -0.4 is 5.32 Å². The molecule has 0 aliphatic heterocycles. The van der Waals surface area contributed by atoms with Crippen molar-refractivity contribution >= 4 is 5.91 Å². The van der Waals surface area contributed by atoms with Crippen LogP contribution in [0.15, 0.2) is 24.3 Å². The van der Waals surface area contributed by atoms with Gasteiger partial charge in [0.2, 0.25) is 5.91 Å². The third kappa shape index (κ3) is 4.99. The molecule has 1 rings (SSSR count).